The van der Waals surface area contributed by atoms with E-state index in [1.807, 2.05) is 56.3 Å². The molecule has 2 heterocycles. The van der Waals surface area contributed by atoms with Crippen LogP contribution in [0.25, 0.3) is 11.1 Å². The minimum Gasteiger partial charge on any atom is -0.489 e. The van der Waals surface area contributed by atoms with Gasteiger partial charge in [-0.3, -0.25) is 14.9 Å². The maximum Gasteiger partial charge on any atom is 0.286 e. The highest BCUT2D eigenvalue weighted by molar-refractivity contribution is 8.15. The second kappa shape index (κ2) is 11.8. The number of ether oxygens (including phenoxy) is 2. The molecule has 3 N–H and O–H groups in total. The zero-order valence-corrected chi connectivity index (χ0v) is 21.8. The molecule has 0 bridgehead atoms. The first-order valence-corrected chi connectivity index (χ1v) is 12.8. The Labute approximate surface area is 220 Å². The molecule has 1 unspecified atom stereocenters. The number of nitrogens with one attached hydrogen (secondary N) is 1. The molecule has 0 saturated carbocycles. The number of thioether (sulfide) groups is 1. The Bertz CT molecular complexity index is 1270. The highest BCUT2D eigenvalue weighted by atomic mass is 32.2. The van der Waals surface area contributed by atoms with Crippen molar-refractivity contribution in [3.05, 3.63) is 76.5 Å². The molecule has 1 saturated heterocycles. The van der Waals surface area contributed by atoms with Gasteiger partial charge >= 0.3 is 0 Å². The topological polar surface area (TPSA) is 118 Å². The van der Waals surface area contributed by atoms with E-state index in [0.717, 1.165) is 50.8 Å². The van der Waals surface area contributed by atoms with Crippen LogP contribution in [0.4, 0.5) is 4.79 Å². The van der Waals surface area contributed by atoms with Crippen LogP contribution < -0.4 is 14.8 Å². The van der Waals surface area contributed by atoms with Gasteiger partial charge in [-0.05, 0) is 67.1 Å². The molecule has 0 radical (unpaired) electrons. The molecule has 1 aliphatic rings. The normalized spacial score (nSPS) is 16.0. The van der Waals surface area contributed by atoms with Gasteiger partial charge in [0, 0.05) is 17.3 Å². The smallest absolute Gasteiger partial charge is 0.286 e. The second-order valence-corrected chi connectivity index (χ2v) is 10.2. The van der Waals surface area contributed by atoms with Crippen molar-refractivity contribution in [2.75, 3.05) is 13.2 Å². The van der Waals surface area contributed by atoms with Gasteiger partial charge in [-0.25, -0.2) is 4.98 Å². The Kier molecular flexibility index (Phi) is 8.48. The molecule has 37 heavy (non-hydrogen) atoms. The third-order valence-corrected chi connectivity index (χ3v) is 7.21. The van der Waals surface area contributed by atoms with E-state index in [0.29, 0.717) is 24.7 Å². The summed E-state index contributed by atoms with van der Waals surface area (Å²) < 4.78 is 11.6. The maximum absolute atomic E-state index is 11.8. The standard InChI is InChI=1S/C28H30N2O6S/c1-16-11-25(36-15-21(32)13-31)29-18(3)26(16)23-6-4-5-20(17(23)2)14-35-22-9-7-19(8-10-22)12-24-27(33)30-28(34)37-24/h4-11,21,24,31-32H,12-15H2,1-3H3,(H,30,33,34)/t21-,24?/m0/s1. The number of aryl methyl sites for hydroxylation is 2. The van der Waals surface area contributed by atoms with Gasteiger partial charge in [-0.15, -0.1) is 0 Å². The van der Waals surface area contributed by atoms with Gasteiger partial charge in [0.2, 0.25) is 11.8 Å². The van der Waals surface area contributed by atoms with Crippen LogP contribution in [0.5, 0.6) is 11.6 Å². The van der Waals surface area contributed by atoms with Gasteiger partial charge in [-0.1, -0.05) is 42.1 Å². The zero-order chi connectivity index (χ0) is 26.5. The van der Waals surface area contributed by atoms with Gasteiger partial charge in [-0.2, -0.15) is 0 Å². The van der Waals surface area contributed by atoms with E-state index in [1.165, 1.54) is 0 Å². The van der Waals surface area contributed by atoms with Crippen molar-refractivity contribution >= 4 is 22.9 Å². The quantitative estimate of drug-likeness (QED) is 0.367. The van der Waals surface area contributed by atoms with Gasteiger partial charge in [0.1, 0.15) is 25.1 Å². The molecule has 1 aliphatic heterocycles. The summed E-state index contributed by atoms with van der Waals surface area (Å²) in [5.41, 5.74) is 6.97. The SMILES string of the molecule is Cc1cc(OC[C@@H](O)CO)nc(C)c1-c1cccc(COc2ccc(CC3SC(=O)NC3=O)cc2)c1C. The summed E-state index contributed by atoms with van der Waals surface area (Å²) >= 11 is 1.03. The van der Waals surface area contributed by atoms with E-state index in [1.54, 1.807) is 0 Å². The van der Waals surface area contributed by atoms with Crippen molar-refractivity contribution in [3.63, 3.8) is 0 Å². The number of imide groups is 1. The number of benzene rings is 2. The van der Waals surface area contributed by atoms with E-state index < -0.39 is 6.10 Å². The maximum atomic E-state index is 11.8. The average molecular weight is 523 g/mol. The summed E-state index contributed by atoms with van der Waals surface area (Å²) in [6, 6.07) is 15.5. The molecular weight excluding hydrogens is 492 g/mol. The summed E-state index contributed by atoms with van der Waals surface area (Å²) in [7, 11) is 0. The third kappa shape index (κ3) is 6.49. The van der Waals surface area contributed by atoms with E-state index in [4.69, 9.17) is 14.6 Å². The van der Waals surface area contributed by atoms with E-state index in [2.05, 4.69) is 23.3 Å². The van der Waals surface area contributed by atoms with Crippen molar-refractivity contribution in [3.8, 4) is 22.8 Å². The Morgan fingerprint density at radius 1 is 1.08 bits per heavy atom. The van der Waals surface area contributed by atoms with Crippen molar-refractivity contribution in [1.29, 1.82) is 0 Å². The van der Waals surface area contributed by atoms with Gasteiger partial charge in [0.25, 0.3) is 5.24 Å². The Balaban J connectivity index is 1.44. The first-order chi connectivity index (χ1) is 17.7. The summed E-state index contributed by atoms with van der Waals surface area (Å²) in [5.74, 6) is 0.883. The Morgan fingerprint density at radius 3 is 2.49 bits per heavy atom. The van der Waals surface area contributed by atoms with Crippen LogP contribution >= 0.6 is 11.8 Å². The molecule has 194 valence electrons. The van der Waals surface area contributed by atoms with Crippen LogP contribution in [0.2, 0.25) is 0 Å². The lowest BCUT2D eigenvalue weighted by atomic mass is 9.93. The van der Waals surface area contributed by atoms with Crippen LogP contribution in [-0.2, 0) is 17.8 Å². The summed E-state index contributed by atoms with van der Waals surface area (Å²) in [5, 5.41) is 20.1. The molecule has 9 heteroatoms. The molecule has 2 aromatic carbocycles. The number of hydrogen-bond donors (Lipinski definition) is 3. The number of aliphatic hydroxyl groups is 2. The molecule has 0 aliphatic carbocycles. The summed E-state index contributed by atoms with van der Waals surface area (Å²) in [6.45, 7) is 5.97. The van der Waals surface area contributed by atoms with Crippen LogP contribution in [0.1, 0.15) is 27.9 Å². The molecule has 3 aromatic rings. The van der Waals surface area contributed by atoms with Crippen LogP contribution in [0.3, 0.4) is 0 Å². The van der Waals surface area contributed by atoms with Crippen LogP contribution in [0.15, 0.2) is 48.5 Å². The molecule has 8 nitrogen and oxygen atoms in total. The molecular formula is C28H30N2O6S. The number of aliphatic hydroxyl groups excluding tert-OH is 2. The van der Waals surface area contributed by atoms with Crippen molar-refractivity contribution in [1.82, 2.24) is 10.3 Å². The largest absolute Gasteiger partial charge is 0.489 e. The van der Waals surface area contributed by atoms with Gasteiger partial charge in [0.15, 0.2) is 0 Å². The predicted molar refractivity (Wildman–Crippen MR) is 142 cm³/mol. The molecule has 2 atom stereocenters. The zero-order valence-electron chi connectivity index (χ0n) is 21.0. The lowest BCUT2D eigenvalue weighted by Gasteiger charge is -2.17. The lowest BCUT2D eigenvalue weighted by Crippen LogP contribution is -2.25. The monoisotopic (exact) mass is 522 g/mol. The summed E-state index contributed by atoms with van der Waals surface area (Å²) in [6.07, 6.45) is -0.460. The van der Waals surface area contributed by atoms with Gasteiger partial charge < -0.3 is 19.7 Å². The van der Waals surface area contributed by atoms with Gasteiger partial charge in [0.05, 0.1) is 11.9 Å². The Hall–Kier alpha value is -3.40. The molecule has 0 spiro atoms. The highest BCUT2D eigenvalue weighted by Crippen LogP contribution is 2.33. The average Bonchev–Trinajstić information content (AvgIpc) is 3.19. The molecule has 1 fully saturated rings. The van der Waals surface area contributed by atoms with Crippen molar-refractivity contribution in [2.45, 2.75) is 45.2 Å². The third-order valence-electron chi connectivity index (χ3n) is 6.23. The van der Waals surface area contributed by atoms with Crippen LogP contribution in [0, 0.1) is 20.8 Å². The number of amides is 2. The molecule has 4 rings (SSSR count). The van der Waals surface area contributed by atoms with Crippen molar-refractivity contribution < 1.29 is 29.3 Å². The predicted octanol–water partition coefficient (Wildman–Crippen LogP) is 3.88. The van der Waals surface area contributed by atoms with Crippen molar-refractivity contribution in [2.24, 2.45) is 0 Å². The van der Waals surface area contributed by atoms with E-state index in [9.17, 15) is 14.7 Å². The second-order valence-electron chi connectivity index (χ2n) is 8.99. The molecule has 2 amide bonds. The highest BCUT2D eigenvalue weighted by Gasteiger charge is 2.31. The molecule has 1 aromatic heterocycles. The summed E-state index contributed by atoms with van der Waals surface area (Å²) in [4.78, 5) is 27.7. The fourth-order valence-corrected chi connectivity index (χ4v) is 5.11. The fraction of sp³-hybridized carbons (Fsp3) is 0.321. The Morgan fingerprint density at radius 2 is 1.84 bits per heavy atom. The number of hydrogen-bond acceptors (Lipinski definition) is 8. The number of carbonyl (C=O) groups is 2. The minimum absolute atomic E-state index is 0.0247. The number of pyridine rings is 1. The first-order valence-electron chi connectivity index (χ1n) is 12.0. The number of aromatic nitrogens is 1. The fourth-order valence-electron chi connectivity index (χ4n) is 4.25. The minimum atomic E-state index is -0.948. The number of rotatable bonds is 10. The number of nitrogens with zero attached hydrogens (tertiary/aromatic N) is 1. The first kappa shape index (κ1) is 26.7. The van der Waals surface area contributed by atoms with E-state index in [-0.39, 0.29) is 29.6 Å². The lowest BCUT2D eigenvalue weighted by molar-refractivity contribution is -0.118. The van der Waals surface area contributed by atoms with Crippen LogP contribution in [-0.4, -0.2) is 50.9 Å². The number of carbonyl (C=O) groups excluding carboxylic acids is 2. The van der Waals surface area contributed by atoms with E-state index >= 15 is 0 Å².